The Morgan fingerprint density at radius 3 is 2.61 bits per heavy atom. The van der Waals surface area contributed by atoms with Crippen molar-refractivity contribution in [1.29, 1.82) is 0 Å². The molecule has 0 unspecified atom stereocenters. The maximum absolute atomic E-state index is 6.21. The maximum atomic E-state index is 6.21. The van der Waals surface area contributed by atoms with Crippen molar-refractivity contribution in [3.05, 3.63) is 32.5 Å². The molecule has 0 spiro atoms. The molecule has 1 heterocycles. The number of rotatable bonds is 4. The zero-order valence-corrected chi connectivity index (χ0v) is 12.5. The summed E-state index contributed by atoms with van der Waals surface area (Å²) in [5, 5.41) is 5.54. The van der Waals surface area contributed by atoms with Crippen LogP contribution in [-0.4, -0.2) is 6.54 Å². The van der Waals surface area contributed by atoms with Crippen molar-refractivity contribution in [2.75, 3.05) is 6.54 Å². The van der Waals surface area contributed by atoms with E-state index in [9.17, 15) is 0 Å². The van der Waals surface area contributed by atoms with Crippen LogP contribution in [0, 0.1) is 6.92 Å². The summed E-state index contributed by atoms with van der Waals surface area (Å²) in [6, 6.07) is 1.61. The van der Waals surface area contributed by atoms with Gasteiger partial charge in [0, 0.05) is 10.9 Å². The Morgan fingerprint density at radius 1 is 1.22 bits per heavy atom. The molecule has 98 valence electrons. The summed E-state index contributed by atoms with van der Waals surface area (Å²) in [5.74, 6) is 0.851. The summed E-state index contributed by atoms with van der Waals surface area (Å²) in [6.45, 7) is 5.69. The van der Waals surface area contributed by atoms with Crippen LogP contribution in [-0.2, 0) is 6.54 Å². The number of aryl methyl sites for hydroxylation is 1. The Labute approximate surface area is 121 Å². The first-order valence-electron chi connectivity index (χ1n) is 5.82. The molecular weight excluding hydrogens is 293 g/mol. The molecule has 5 heteroatoms. The third kappa shape index (κ3) is 2.48. The van der Waals surface area contributed by atoms with Crippen LogP contribution < -0.4 is 5.32 Å². The van der Waals surface area contributed by atoms with Gasteiger partial charge in [-0.3, -0.25) is 0 Å². The molecule has 0 radical (unpaired) electrons. The van der Waals surface area contributed by atoms with Crippen molar-refractivity contribution < 1.29 is 4.42 Å². The second-order valence-corrected chi connectivity index (χ2v) is 5.38. The van der Waals surface area contributed by atoms with Crippen LogP contribution in [0.15, 0.2) is 10.5 Å². The van der Waals surface area contributed by atoms with E-state index in [4.69, 9.17) is 39.2 Å². The Balaban J connectivity index is 2.49. The lowest BCUT2D eigenvalue weighted by Gasteiger charge is -2.00. The molecule has 18 heavy (non-hydrogen) atoms. The lowest BCUT2D eigenvalue weighted by Crippen LogP contribution is -2.13. The molecule has 0 amide bonds. The van der Waals surface area contributed by atoms with E-state index in [1.807, 2.05) is 6.92 Å². The zero-order valence-electron chi connectivity index (χ0n) is 10.2. The molecule has 0 saturated heterocycles. The molecule has 1 aromatic carbocycles. The number of nitrogens with one attached hydrogen (secondary N) is 1. The van der Waals surface area contributed by atoms with E-state index in [0.717, 1.165) is 29.7 Å². The molecule has 0 bridgehead atoms. The molecule has 1 N–H and O–H groups in total. The van der Waals surface area contributed by atoms with Gasteiger partial charge < -0.3 is 9.73 Å². The number of furan rings is 1. The smallest absolute Gasteiger partial charge is 0.154 e. The van der Waals surface area contributed by atoms with Gasteiger partial charge in [0.05, 0.1) is 21.6 Å². The van der Waals surface area contributed by atoms with Gasteiger partial charge in [-0.15, -0.1) is 0 Å². The van der Waals surface area contributed by atoms with E-state index in [-0.39, 0.29) is 0 Å². The fourth-order valence-electron chi connectivity index (χ4n) is 1.90. The molecule has 2 rings (SSSR count). The molecule has 0 saturated carbocycles. The quantitative estimate of drug-likeness (QED) is 0.620. The van der Waals surface area contributed by atoms with Crippen LogP contribution >= 0.6 is 34.8 Å². The minimum absolute atomic E-state index is 0.450. The summed E-state index contributed by atoms with van der Waals surface area (Å²) in [6.07, 6.45) is 1.08. The molecule has 0 aliphatic rings. The summed E-state index contributed by atoms with van der Waals surface area (Å²) in [5.41, 5.74) is 1.60. The summed E-state index contributed by atoms with van der Waals surface area (Å²) >= 11 is 18.4. The number of fused-ring (bicyclic) bond motifs is 1. The van der Waals surface area contributed by atoms with Crippen molar-refractivity contribution in [1.82, 2.24) is 5.32 Å². The van der Waals surface area contributed by atoms with Gasteiger partial charge in [0.15, 0.2) is 5.58 Å². The van der Waals surface area contributed by atoms with Crippen molar-refractivity contribution in [2.45, 2.75) is 26.8 Å². The SMILES string of the molecule is CCCNCc1oc2c(Cl)cc(Cl)c(Cl)c2c1C. The van der Waals surface area contributed by atoms with Crippen LogP contribution in [0.2, 0.25) is 15.1 Å². The van der Waals surface area contributed by atoms with Gasteiger partial charge >= 0.3 is 0 Å². The average Bonchev–Trinajstić information content (AvgIpc) is 2.65. The van der Waals surface area contributed by atoms with Gasteiger partial charge in [-0.2, -0.15) is 0 Å². The number of halogens is 3. The molecule has 0 atom stereocenters. The van der Waals surface area contributed by atoms with E-state index in [1.165, 1.54) is 0 Å². The Hall–Kier alpha value is -0.410. The standard InChI is InChI=1S/C13H14Cl3NO/c1-3-4-17-6-10-7(2)11-12(16)8(14)5-9(15)13(11)18-10/h5,17H,3-4,6H2,1-2H3. The topological polar surface area (TPSA) is 25.2 Å². The molecule has 0 aliphatic heterocycles. The highest BCUT2D eigenvalue weighted by atomic mass is 35.5. The predicted octanol–water partition coefficient (Wildman–Crippen LogP) is 5.20. The fraction of sp³-hybridized carbons (Fsp3) is 0.385. The van der Waals surface area contributed by atoms with E-state index < -0.39 is 0 Å². The Kier molecular flexibility index (Phi) is 4.44. The lowest BCUT2D eigenvalue weighted by atomic mass is 10.1. The Morgan fingerprint density at radius 2 is 1.94 bits per heavy atom. The van der Waals surface area contributed by atoms with Crippen LogP contribution in [0.3, 0.4) is 0 Å². The van der Waals surface area contributed by atoms with Crippen molar-refractivity contribution in [3.63, 3.8) is 0 Å². The second kappa shape index (κ2) is 5.70. The van der Waals surface area contributed by atoms with E-state index >= 15 is 0 Å². The molecule has 2 nitrogen and oxygen atoms in total. The average molecular weight is 307 g/mol. The van der Waals surface area contributed by atoms with E-state index in [1.54, 1.807) is 6.07 Å². The minimum Gasteiger partial charge on any atom is -0.458 e. The molecular formula is C13H14Cl3NO. The second-order valence-electron chi connectivity index (χ2n) is 4.19. The van der Waals surface area contributed by atoms with Crippen molar-refractivity contribution in [3.8, 4) is 0 Å². The van der Waals surface area contributed by atoms with Crippen molar-refractivity contribution >= 4 is 45.8 Å². The van der Waals surface area contributed by atoms with Crippen molar-refractivity contribution in [2.24, 2.45) is 0 Å². The summed E-state index contributed by atoms with van der Waals surface area (Å²) < 4.78 is 5.77. The maximum Gasteiger partial charge on any atom is 0.154 e. The first kappa shape index (κ1) is 14.0. The van der Waals surface area contributed by atoms with Gasteiger partial charge in [0.2, 0.25) is 0 Å². The first-order valence-corrected chi connectivity index (χ1v) is 6.95. The number of hydrogen-bond donors (Lipinski definition) is 1. The predicted molar refractivity (Wildman–Crippen MR) is 78.0 cm³/mol. The van der Waals surface area contributed by atoms with Gasteiger partial charge in [-0.05, 0) is 26.0 Å². The minimum atomic E-state index is 0.450. The highest BCUT2D eigenvalue weighted by Gasteiger charge is 2.18. The fourth-order valence-corrected chi connectivity index (χ4v) is 2.68. The van der Waals surface area contributed by atoms with E-state index in [2.05, 4.69) is 12.2 Å². The highest BCUT2D eigenvalue weighted by molar-refractivity contribution is 6.47. The van der Waals surface area contributed by atoms with Crippen LogP contribution in [0.25, 0.3) is 11.0 Å². The molecule has 1 aromatic heterocycles. The first-order chi connectivity index (χ1) is 8.56. The molecule has 0 fully saturated rings. The van der Waals surface area contributed by atoms with Gasteiger partial charge in [0.25, 0.3) is 0 Å². The van der Waals surface area contributed by atoms with Gasteiger partial charge in [-0.1, -0.05) is 41.7 Å². The molecule has 2 aromatic rings. The summed E-state index contributed by atoms with van der Waals surface area (Å²) in [7, 11) is 0. The monoisotopic (exact) mass is 305 g/mol. The van der Waals surface area contributed by atoms with Crippen LogP contribution in [0.4, 0.5) is 0 Å². The van der Waals surface area contributed by atoms with Crippen LogP contribution in [0.1, 0.15) is 24.7 Å². The van der Waals surface area contributed by atoms with Crippen LogP contribution in [0.5, 0.6) is 0 Å². The van der Waals surface area contributed by atoms with Gasteiger partial charge in [0.1, 0.15) is 5.76 Å². The molecule has 0 aliphatic carbocycles. The van der Waals surface area contributed by atoms with E-state index in [0.29, 0.717) is 27.2 Å². The summed E-state index contributed by atoms with van der Waals surface area (Å²) in [4.78, 5) is 0. The zero-order chi connectivity index (χ0) is 13.3. The third-order valence-corrected chi connectivity index (χ3v) is 3.93. The number of hydrogen-bond acceptors (Lipinski definition) is 2. The Bertz CT molecular complexity index is 577. The highest BCUT2D eigenvalue weighted by Crippen LogP contribution is 2.40. The van der Waals surface area contributed by atoms with Gasteiger partial charge in [-0.25, -0.2) is 0 Å². The normalized spacial score (nSPS) is 11.4. The third-order valence-electron chi connectivity index (χ3n) is 2.86. The number of benzene rings is 1. The lowest BCUT2D eigenvalue weighted by molar-refractivity contribution is 0.510. The largest absolute Gasteiger partial charge is 0.458 e.